The highest BCUT2D eigenvalue weighted by molar-refractivity contribution is 6.42. The summed E-state index contributed by atoms with van der Waals surface area (Å²) in [6.45, 7) is 1.33. The Morgan fingerprint density at radius 3 is 2.33 bits per heavy atom. The van der Waals surface area contributed by atoms with Crippen LogP contribution in [-0.4, -0.2) is 67.4 Å². The van der Waals surface area contributed by atoms with Gasteiger partial charge in [0.25, 0.3) is 0 Å². The zero-order chi connectivity index (χ0) is 24.5. The Morgan fingerprint density at radius 1 is 1.09 bits per heavy atom. The maximum absolute atomic E-state index is 14.1. The van der Waals surface area contributed by atoms with Gasteiger partial charge in [0.2, 0.25) is 0 Å². The van der Waals surface area contributed by atoms with Gasteiger partial charge in [0.15, 0.2) is 6.29 Å². The first kappa shape index (κ1) is 25.9. The molecule has 1 heterocycles. The first-order valence-electron chi connectivity index (χ1n) is 10.3. The molecule has 180 valence electrons. The van der Waals surface area contributed by atoms with E-state index in [0.717, 1.165) is 24.0 Å². The zero-order valence-corrected chi connectivity index (χ0v) is 19.9. The summed E-state index contributed by atoms with van der Waals surface area (Å²) >= 11 is 12.3. The SMILES string of the molecule is CN(C)C(C=O)N1C[C@H](c2ccc(Cl)c(Cl)c2)[C@H](N(C)Cc2ccc(C(F)(F)F)c(F)c2)C1. The van der Waals surface area contributed by atoms with Gasteiger partial charge in [0.1, 0.15) is 12.0 Å². The largest absolute Gasteiger partial charge is 0.419 e. The number of carbonyl (C=O) groups is 1. The highest BCUT2D eigenvalue weighted by Gasteiger charge is 2.40. The molecule has 0 aliphatic carbocycles. The standard InChI is InChI=1S/C23H25Cl2F4N3O/c1-30(2)22(13-33)32-11-16(15-5-7-18(24)19(25)9-15)21(12-32)31(3)10-14-4-6-17(20(26)8-14)23(27,28)29/h4-9,13,16,21-22H,10-12H2,1-3H3/t16-,21-,22?/m1/s1. The molecule has 0 radical (unpaired) electrons. The lowest BCUT2D eigenvalue weighted by atomic mass is 9.93. The molecule has 2 aromatic rings. The Labute approximate surface area is 200 Å². The number of benzene rings is 2. The monoisotopic (exact) mass is 505 g/mol. The lowest BCUT2D eigenvalue weighted by Crippen LogP contribution is -2.46. The molecule has 0 N–H and O–H groups in total. The fourth-order valence-corrected chi connectivity index (χ4v) is 4.68. The molecule has 0 saturated carbocycles. The first-order chi connectivity index (χ1) is 15.4. The van der Waals surface area contributed by atoms with Crippen molar-refractivity contribution >= 4 is 29.5 Å². The smallest absolute Gasteiger partial charge is 0.300 e. The van der Waals surface area contributed by atoms with Crippen molar-refractivity contribution < 1.29 is 22.4 Å². The van der Waals surface area contributed by atoms with Gasteiger partial charge in [-0.2, -0.15) is 13.2 Å². The van der Waals surface area contributed by atoms with E-state index >= 15 is 0 Å². The molecule has 1 saturated heterocycles. The highest BCUT2D eigenvalue weighted by atomic mass is 35.5. The van der Waals surface area contributed by atoms with Gasteiger partial charge in [0, 0.05) is 31.6 Å². The van der Waals surface area contributed by atoms with Crippen LogP contribution in [-0.2, 0) is 17.5 Å². The van der Waals surface area contributed by atoms with Crippen molar-refractivity contribution in [1.29, 1.82) is 0 Å². The second-order valence-corrected chi connectivity index (χ2v) is 9.36. The molecule has 10 heteroatoms. The molecule has 1 aliphatic rings. The Morgan fingerprint density at radius 2 is 1.79 bits per heavy atom. The average molecular weight is 506 g/mol. The maximum Gasteiger partial charge on any atom is 0.419 e. The van der Waals surface area contributed by atoms with Crippen molar-refractivity contribution in [2.24, 2.45) is 0 Å². The van der Waals surface area contributed by atoms with Gasteiger partial charge in [-0.1, -0.05) is 35.3 Å². The third-order valence-corrected chi connectivity index (χ3v) is 6.79. The van der Waals surface area contributed by atoms with Gasteiger partial charge in [-0.3, -0.25) is 14.7 Å². The highest BCUT2D eigenvalue weighted by Crippen LogP contribution is 2.36. The minimum Gasteiger partial charge on any atom is -0.300 e. The topological polar surface area (TPSA) is 26.8 Å². The number of hydrogen-bond donors (Lipinski definition) is 0. The van der Waals surface area contributed by atoms with Crippen molar-refractivity contribution in [2.45, 2.75) is 30.8 Å². The molecular formula is C23H25Cl2F4N3O. The molecule has 3 atom stereocenters. The number of carbonyl (C=O) groups excluding carboxylic acids is 1. The van der Waals surface area contributed by atoms with Crippen LogP contribution in [0.3, 0.4) is 0 Å². The Bertz CT molecular complexity index is 1000. The molecule has 0 spiro atoms. The van der Waals surface area contributed by atoms with E-state index in [1.165, 1.54) is 6.07 Å². The molecule has 2 aromatic carbocycles. The molecular weight excluding hydrogens is 481 g/mol. The number of nitrogens with zero attached hydrogens (tertiary/aromatic N) is 3. The number of alkyl halides is 3. The predicted octanol–water partition coefficient (Wildman–Crippen LogP) is 5.14. The number of aldehydes is 1. The number of rotatable bonds is 7. The summed E-state index contributed by atoms with van der Waals surface area (Å²) in [7, 11) is 5.46. The third kappa shape index (κ3) is 5.87. The number of hydrogen-bond acceptors (Lipinski definition) is 4. The summed E-state index contributed by atoms with van der Waals surface area (Å²) in [6.07, 6.45) is -4.30. The van der Waals surface area contributed by atoms with Crippen LogP contribution >= 0.6 is 23.2 Å². The molecule has 0 amide bonds. The minimum atomic E-state index is -4.74. The minimum absolute atomic E-state index is 0.0496. The Kier molecular flexibility index (Phi) is 8.07. The quantitative estimate of drug-likeness (QED) is 0.384. The zero-order valence-electron chi connectivity index (χ0n) is 18.4. The van der Waals surface area contributed by atoms with Crippen LogP contribution in [0, 0.1) is 5.82 Å². The van der Waals surface area contributed by atoms with Gasteiger partial charge in [-0.15, -0.1) is 0 Å². The molecule has 3 rings (SSSR count). The van der Waals surface area contributed by atoms with E-state index in [9.17, 15) is 22.4 Å². The summed E-state index contributed by atoms with van der Waals surface area (Å²) in [5.41, 5.74) is 0.0778. The van der Waals surface area contributed by atoms with Gasteiger partial charge >= 0.3 is 6.18 Å². The fourth-order valence-electron chi connectivity index (χ4n) is 4.38. The van der Waals surface area contributed by atoms with E-state index in [1.807, 2.05) is 41.9 Å². The van der Waals surface area contributed by atoms with Gasteiger partial charge in [0.05, 0.1) is 15.6 Å². The van der Waals surface area contributed by atoms with Crippen molar-refractivity contribution in [1.82, 2.24) is 14.7 Å². The Balaban J connectivity index is 1.88. The van der Waals surface area contributed by atoms with Gasteiger partial charge < -0.3 is 4.79 Å². The van der Waals surface area contributed by atoms with Crippen LogP contribution in [0.1, 0.15) is 22.6 Å². The molecule has 1 fully saturated rings. The predicted molar refractivity (Wildman–Crippen MR) is 121 cm³/mol. The van der Waals surface area contributed by atoms with Gasteiger partial charge in [-0.05, 0) is 56.5 Å². The van der Waals surface area contributed by atoms with Crippen LogP contribution in [0.2, 0.25) is 10.0 Å². The molecule has 1 aliphatic heterocycles. The summed E-state index contributed by atoms with van der Waals surface area (Å²) < 4.78 is 52.8. The van der Waals surface area contributed by atoms with E-state index in [4.69, 9.17) is 23.2 Å². The molecule has 0 aromatic heterocycles. The second-order valence-electron chi connectivity index (χ2n) is 8.54. The average Bonchev–Trinajstić information content (AvgIpc) is 3.14. The van der Waals surface area contributed by atoms with Crippen LogP contribution in [0.4, 0.5) is 17.6 Å². The van der Waals surface area contributed by atoms with E-state index < -0.39 is 23.7 Å². The van der Waals surface area contributed by atoms with E-state index in [0.29, 0.717) is 28.7 Å². The third-order valence-electron chi connectivity index (χ3n) is 6.05. The molecule has 4 nitrogen and oxygen atoms in total. The normalized spacial score (nSPS) is 20.6. The Hall–Kier alpha value is -1.71. The lowest BCUT2D eigenvalue weighted by molar-refractivity contribution is -0.140. The maximum atomic E-state index is 14.1. The summed E-state index contributed by atoms with van der Waals surface area (Å²) in [4.78, 5) is 17.5. The summed E-state index contributed by atoms with van der Waals surface area (Å²) in [5.74, 6) is -1.34. The van der Waals surface area contributed by atoms with Crippen molar-refractivity contribution in [3.05, 3.63) is 69.0 Å². The first-order valence-corrected chi connectivity index (χ1v) is 11.0. The van der Waals surface area contributed by atoms with Crippen LogP contribution in [0.25, 0.3) is 0 Å². The fraction of sp³-hybridized carbons (Fsp3) is 0.435. The van der Waals surface area contributed by atoms with Gasteiger partial charge in [-0.25, -0.2) is 4.39 Å². The van der Waals surface area contributed by atoms with E-state index in [1.54, 1.807) is 12.1 Å². The van der Waals surface area contributed by atoms with Crippen molar-refractivity contribution in [2.75, 3.05) is 34.2 Å². The lowest BCUT2D eigenvalue weighted by Gasteiger charge is -2.30. The van der Waals surface area contributed by atoms with Crippen molar-refractivity contribution in [3.63, 3.8) is 0 Å². The number of halogens is 6. The van der Waals surface area contributed by atoms with E-state index in [-0.39, 0.29) is 18.5 Å². The number of likely N-dealkylation sites (tertiary alicyclic amines) is 1. The van der Waals surface area contributed by atoms with Crippen LogP contribution in [0.15, 0.2) is 36.4 Å². The molecule has 1 unspecified atom stereocenters. The van der Waals surface area contributed by atoms with Crippen molar-refractivity contribution in [3.8, 4) is 0 Å². The van der Waals surface area contributed by atoms with Crippen LogP contribution in [0.5, 0.6) is 0 Å². The molecule has 33 heavy (non-hydrogen) atoms. The molecule has 0 bridgehead atoms. The summed E-state index contributed by atoms with van der Waals surface area (Å²) in [5, 5.41) is 0.845. The second kappa shape index (κ2) is 10.3. The van der Waals surface area contributed by atoms with Crippen LogP contribution < -0.4 is 0 Å². The van der Waals surface area contributed by atoms with E-state index in [2.05, 4.69) is 0 Å². The number of likely N-dealkylation sites (N-methyl/N-ethyl adjacent to an activating group) is 2. The summed E-state index contributed by atoms with van der Waals surface area (Å²) in [6, 6.07) is 8.27.